The van der Waals surface area contributed by atoms with Gasteiger partial charge in [-0.2, -0.15) is 0 Å². The van der Waals surface area contributed by atoms with Gasteiger partial charge < -0.3 is 10.2 Å². The first-order chi connectivity index (χ1) is 11.1. The van der Waals surface area contributed by atoms with Crippen molar-refractivity contribution in [2.45, 2.75) is 33.1 Å². The van der Waals surface area contributed by atoms with Gasteiger partial charge in [0, 0.05) is 18.8 Å². The van der Waals surface area contributed by atoms with Crippen LogP contribution < -0.4 is 5.32 Å². The van der Waals surface area contributed by atoms with E-state index in [2.05, 4.69) is 41.3 Å². The summed E-state index contributed by atoms with van der Waals surface area (Å²) < 4.78 is 0. The minimum atomic E-state index is -0.0178. The molecule has 0 radical (unpaired) electrons. The molecule has 23 heavy (non-hydrogen) atoms. The Kier molecular flexibility index (Phi) is 4.55. The van der Waals surface area contributed by atoms with Crippen molar-refractivity contribution >= 4 is 17.4 Å². The summed E-state index contributed by atoms with van der Waals surface area (Å²) in [5.74, 6) is 0.633. The lowest BCUT2D eigenvalue weighted by Gasteiger charge is -2.26. The van der Waals surface area contributed by atoms with Crippen LogP contribution in [-0.2, 0) is 0 Å². The average Bonchev–Trinajstić information content (AvgIpc) is 2.59. The number of likely N-dealkylation sites (tertiary alicyclic amines) is 1. The van der Waals surface area contributed by atoms with Crippen molar-refractivity contribution < 1.29 is 4.79 Å². The molecule has 1 N–H and O–H groups in total. The maximum absolute atomic E-state index is 12.4. The molecule has 3 rings (SSSR count). The van der Waals surface area contributed by atoms with E-state index in [4.69, 9.17) is 0 Å². The van der Waals surface area contributed by atoms with E-state index in [-0.39, 0.29) is 5.91 Å². The average molecular weight is 310 g/mol. The minimum absolute atomic E-state index is 0.0178. The lowest BCUT2D eigenvalue weighted by Crippen LogP contribution is -2.36. The fraction of sp³-hybridized carbons (Fsp3) is 0.389. The standard InChI is InChI=1S/C18H22N4O/c1-13-7-6-8-14(2)17(13)21-16-12-19-15(11-20-16)18(23)22-9-4-3-5-10-22/h6-8,11-12H,3-5,9-10H2,1-2H3,(H,20,21). The number of carbonyl (C=O) groups is 1. The second kappa shape index (κ2) is 6.77. The molecule has 2 aromatic rings. The van der Waals surface area contributed by atoms with Gasteiger partial charge in [-0.25, -0.2) is 9.97 Å². The third-order valence-electron chi connectivity index (χ3n) is 4.25. The molecule has 120 valence electrons. The maximum atomic E-state index is 12.4. The van der Waals surface area contributed by atoms with Gasteiger partial charge in [0.05, 0.1) is 12.4 Å². The molecule has 0 bridgehead atoms. The minimum Gasteiger partial charge on any atom is -0.339 e. The highest BCUT2D eigenvalue weighted by Gasteiger charge is 2.19. The van der Waals surface area contributed by atoms with Crippen LogP contribution in [0.5, 0.6) is 0 Å². The molecule has 5 heteroatoms. The van der Waals surface area contributed by atoms with E-state index < -0.39 is 0 Å². The largest absolute Gasteiger partial charge is 0.339 e. The zero-order valence-corrected chi connectivity index (χ0v) is 13.7. The number of hydrogen-bond acceptors (Lipinski definition) is 4. The smallest absolute Gasteiger partial charge is 0.274 e. The third kappa shape index (κ3) is 3.50. The topological polar surface area (TPSA) is 58.1 Å². The number of para-hydroxylation sites is 1. The van der Waals surface area contributed by atoms with Gasteiger partial charge in [-0.3, -0.25) is 4.79 Å². The van der Waals surface area contributed by atoms with Crippen molar-refractivity contribution in [3.05, 3.63) is 47.4 Å². The van der Waals surface area contributed by atoms with E-state index in [1.54, 1.807) is 12.4 Å². The number of carbonyl (C=O) groups excluding carboxylic acids is 1. The first-order valence-electron chi connectivity index (χ1n) is 8.10. The summed E-state index contributed by atoms with van der Waals surface area (Å²) in [5, 5.41) is 3.29. The van der Waals surface area contributed by atoms with Crippen LogP contribution in [0, 0.1) is 13.8 Å². The fourth-order valence-corrected chi connectivity index (χ4v) is 2.90. The Morgan fingerprint density at radius 1 is 1.04 bits per heavy atom. The number of aromatic nitrogens is 2. The van der Waals surface area contributed by atoms with Crippen molar-refractivity contribution in [1.29, 1.82) is 0 Å². The van der Waals surface area contributed by atoms with Crippen molar-refractivity contribution in [2.24, 2.45) is 0 Å². The van der Waals surface area contributed by atoms with Crippen LogP contribution in [0.4, 0.5) is 11.5 Å². The summed E-state index contributed by atoms with van der Waals surface area (Å²) in [6, 6.07) is 6.13. The number of nitrogens with zero attached hydrogens (tertiary/aromatic N) is 3. The molecule has 1 aromatic carbocycles. The van der Waals surface area contributed by atoms with Gasteiger partial charge in [0.25, 0.3) is 5.91 Å². The molecular formula is C18H22N4O. The number of nitrogens with one attached hydrogen (secondary N) is 1. The Morgan fingerprint density at radius 3 is 2.35 bits per heavy atom. The van der Waals surface area contributed by atoms with Crippen molar-refractivity contribution in [3.63, 3.8) is 0 Å². The van der Waals surface area contributed by atoms with Crippen molar-refractivity contribution in [3.8, 4) is 0 Å². The van der Waals surface area contributed by atoms with Gasteiger partial charge in [0.1, 0.15) is 11.5 Å². The fourth-order valence-electron chi connectivity index (χ4n) is 2.90. The number of piperidine rings is 1. The normalized spacial score (nSPS) is 14.6. The number of rotatable bonds is 3. The van der Waals surface area contributed by atoms with Gasteiger partial charge in [0.15, 0.2) is 0 Å². The molecule has 0 unspecified atom stereocenters. The Hall–Kier alpha value is -2.43. The van der Waals surface area contributed by atoms with Crippen molar-refractivity contribution in [1.82, 2.24) is 14.9 Å². The molecule has 1 saturated heterocycles. The van der Waals surface area contributed by atoms with E-state index in [0.29, 0.717) is 11.5 Å². The second-order valence-electron chi connectivity index (χ2n) is 6.03. The summed E-state index contributed by atoms with van der Waals surface area (Å²) in [6.45, 7) is 5.75. The molecule has 1 amide bonds. The zero-order valence-electron chi connectivity index (χ0n) is 13.7. The van der Waals surface area contributed by atoms with Crippen LogP contribution in [0.3, 0.4) is 0 Å². The van der Waals surface area contributed by atoms with Crippen LogP contribution in [0.25, 0.3) is 0 Å². The Bertz CT molecular complexity index is 670. The lowest BCUT2D eigenvalue weighted by molar-refractivity contribution is 0.0718. The van der Waals surface area contributed by atoms with Crippen LogP contribution in [0.1, 0.15) is 40.9 Å². The number of aryl methyl sites for hydroxylation is 2. The maximum Gasteiger partial charge on any atom is 0.274 e. The molecular weight excluding hydrogens is 288 g/mol. The first kappa shape index (κ1) is 15.5. The summed E-state index contributed by atoms with van der Waals surface area (Å²) in [4.78, 5) is 22.9. The van der Waals surface area contributed by atoms with E-state index in [0.717, 1.165) is 42.7 Å². The quantitative estimate of drug-likeness (QED) is 0.943. The molecule has 5 nitrogen and oxygen atoms in total. The van der Waals surface area contributed by atoms with Crippen LogP contribution in [-0.4, -0.2) is 33.9 Å². The highest BCUT2D eigenvalue weighted by Crippen LogP contribution is 2.23. The van der Waals surface area contributed by atoms with Gasteiger partial charge in [-0.05, 0) is 44.2 Å². The van der Waals surface area contributed by atoms with Gasteiger partial charge >= 0.3 is 0 Å². The highest BCUT2D eigenvalue weighted by molar-refractivity contribution is 5.92. The predicted octanol–water partition coefficient (Wildman–Crippen LogP) is 3.46. The number of benzene rings is 1. The molecule has 0 spiro atoms. The first-order valence-corrected chi connectivity index (χ1v) is 8.10. The third-order valence-corrected chi connectivity index (χ3v) is 4.25. The predicted molar refractivity (Wildman–Crippen MR) is 91.0 cm³/mol. The van der Waals surface area contributed by atoms with Gasteiger partial charge in [-0.1, -0.05) is 18.2 Å². The summed E-state index contributed by atoms with van der Waals surface area (Å²) in [5.41, 5.74) is 3.76. The van der Waals surface area contributed by atoms with E-state index in [1.807, 2.05) is 11.0 Å². The monoisotopic (exact) mass is 310 g/mol. The molecule has 0 saturated carbocycles. The lowest BCUT2D eigenvalue weighted by atomic mass is 10.1. The van der Waals surface area contributed by atoms with Crippen LogP contribution in [0.2, 0.25) is 0 Å². The molecule has 1 aliphatic heterocycles. The van der Waals surface area contributed by atoms with Crippen LogP contribution >= 0.6 is 0 Å². The highest BCUT2D eigenvalue weighted by atomic mass is 16.2. The second-order valence-corrected chi connectivity index (χ2v) is 6.03. The van der Waals surface area contributed by atoms with E-state index in [9.17, 15) is 4.79 Å². The Morgan fingerprint density at radius 2 is 1.74 bits per heavy atom. The van der Waals surface area contributed by atoms with E-state index in [1.165, 1.54) is 6.42 Å². The Balaban J connectivity index is 1.73. The Labute approximate surface area is 136 Å². The molecule has 0 atom stereocenters. The molecule has 1 aromatic heterocycles. The summed E-state index contributed by atoms with van der Waals surface area (Å²) in [7, 11) is 0. The molecule has 0 aliphatic carbocycles. The number of anilines is 2. The number of hydrogen-bond donors (Lipinski definition) is 1. The van der Waals surface area contributed by atoms with Crippen LogP contribution in [0.15, 0.2) is 30.6 Å². The zero-order chi connectivity index (χ0) is 16.2. The summed E-state index contributed by atoms with van der Waals surface area (Å²) in [6.07, 6.45) is 6.54. The summed E-state index contributed by atoms with van der Waals surface area (Å²) >= 11 is 0. The van der Waals surface area contributed by atoms with E-state index >= 15 is 0 Å². The number of amides is 1. The van der Waals surface area contributed by atoms with Gasteiger partial charge in [0.2, 0.25) is 0 Å². The molecule has 2 heterocycles. The SMILES string of the molecule is Cc1cccc(C)c1Nc1cnc(C(=O)N2CCCCC2)cn1. The molecule has 1 aliphatic rings. The van der Waals surface area contributed by atoms with Gasteiger partial charge in [-0.15, -0.1) is 0 Å². The van der Waals surface area contributed by atoms with Crippen molar-refractivity contribution in [2.75, 3.05) is 18.4 Å². The molecule has 1 fully saturated rings.